The van der Waals surface area contributed by atoms with Crippen molar-refractivity contribution in [3.8, 4) is 5.75 Å². The lowest BCUT2D eigenvalue weighted by molar-refractivity contribution is -0.385. The average molecular weight is 355 g/mol. The van der Waals surface area contributed by atoms with Crippen LogP contribution in [-0.4, -0.2) is 33.1 Å². The molecule has 0 bridgehead atoms. The van der Waals surface area contributed by atoms with Crippen LogP contribution in [0.5, 0.6) is 5.75 Å². The summed E-state index contributed by atoms with van der Waals surface area (Å²) in [5.41, 5.74) is 0.775. The smallest absolute Gasteiger partial charge is 0.311 e. The number of likely N-dealkylation sites (N-methyl/N-ethyl adjacent to an activating group) is 1. The summed E-state index contributed by atoms with van der Waals surface area (Å²) in [4.78, 5) is 28.9. The number of aromatic hydroxyl groups is 1. The van der Waals surface area contributed by atoms with Crippen molar-refractivity contribution in [2.45, 2.75) is 0 Å². The Kier molecular flexibility index (Phi) is 4.53. The second kappa shape index (κ2) is 6.78. The highest BCUT2D eigenvalue weighted by Gasteiger charge is 2.30. The lowest BCUT2D eigenvalue weighted by atomic mass is 10.1. The number of nitrogens with zero attached hydrogens (tertiary/aromatic N) is 3. The van der Waals surface area contributed by atoms with E-state index in [1.807, 2.05) is 30.3 Å². The molecule has 126 valence electrons. The second-order valence-electron chi connectivity index (χ2n) is 5.21. The molecule has 2 aromatic rings. The molecule has 0 aromatic heterocycles. The first-order valence-corrected chi connectivity index (χ1v) is 8.06. The number of nitro benzene ring substituents is 1. The number of phenolic OH excluding ortho intramolecular Hbond substituents is 1. The van der Waals surface area contributed by atoms with Crippen LogP contribution in [-0.2, 0) is 4.79 Å². The quantitative estimate of drug-likeness (QED) is 0.516. The van der Waals surface area contributed by atoms with E-state index in [0.29, 0.717) is 15.6 Å². The summed E-state index contributed by atoms with van der Waals surface area (Å²) >= 11 is 1.19. The fourth-order valence-electron chi connectivity index (χ4n) is 2.19. The van der Waals surface area contributed by atoms with Crippen molar-refractivity contribution in [1.82, 2.24) is 4.90 Å². The lowest BCUT2D eigenvalue weighted by Gasteiger charge is -2.06. The van der Waals surface area contributed by atoms with Crippen LogP contribution < -0.4 is 0 Å². The van der Waals surface area contributed by atoms with Gasteiger partial charge in [-0.2, -0.15) is 0 Å². The summed E-state index contributed by atoms with van der Waals surface area (Å²) in [6.45, 7) is 0. The van der Waals surface area contributed by atoms with Crippen LogP contribution in [0.3, 0.4) is 0 Å². The molecule has 1 heterocycles. The molecule has 25 heavy (non-hydrogen) atoms. The Morgan fingerprint density at radius 2 is 1.96 bits per heavy atom. The molecule has 1 amide bonds. The first-order valence-electron chi connectivity index (χ1n) is 7.24. The predicted molar refractivity (Wildman–Crippen MR) is 96.6 cm³/mol. The molecule has 1 N–H and O–H groups in total. The van der Waals surface area contributed by atoms with Gasteiger partial charge in [0.1, 0.15) is 0 Å². The molecule has 0 spiro atoms. The number of benzene rings is 2. The first-order chi connectivity index (χ1) is 12.0. The topological polar surface area (TPSA) is 96.0 Å². The number of amides is 1. The molecule has 0 unspecified atom stereocenters. The van der Waals surface area contributed by atoms with E-state index in [9.17, 15) is 20.0 Å². The number of hydrogen-bond acceptors (Lipinski definition) is 6. The van der Waals surface area contributed by atoms with Crippen molar-refractivity contribution in [3.63, 3.8) is 0 Å². The van der Waals surface area contributed by atoms with Crippen LogP contribution in [0.25, 0.3) is 6.08 Å². The third-order valence-electron chi connectivity index (χ3n) is 3.48. The van der Waals surface area contributed by atoms with Gasteiger partial charge in [0.25, 0.3) is 5.91 Å². The number of nitro groups is 1. The van der Waals surface area contributed by atoms with E-state index in [1.165, 1.54) is 34.9 Å². The maximum Gasteiger partial charge on any atom is 0.311 e. The van der Waals surface area contributed by atoms with Gasteiger partial charge in [0.2, 0.25) is 0 Å². The lowest BCUT2D eigenvalue weighted by Crippen LogP contribution is -2.23. The summed E-state index contributed by atoms with van der Waals surface area (Å²) in [6.07, 6.45) is 1.55. The number of para-hydroxylation sites is 1. The van der Waals surface area contributed by atoms with Crippen LogP contribution in [0.15, 0.2) is 58.4 Å². The monoisotopic (exact) mass is 355 g/mol. The Bertz CT molecular complexity index is 909. The molecule has 0 atom stereocenters. The van der Waals surface area contributed by atoms with Gasteiger partial charge in [-0.3, -0.25) is 19.8 Å². The molecule has 2 aromatic carbocycles. The van der Waals surface area contributed by atoms with Gasteiger partial charge >= 0.3 is 5.69 Å². The van der Waals surface area contributed by atoms with Crippen LogP contribution in [0, 0.1) is 10.1 Å². The Morgan fingerprint density at radius 3 is 2.64 bits per heavy atom. The Balaban J connectivity index is 1.92. The van der Waals surface area contributed by atoms with Crippen LogP contribution in [0.1, 0.15) is 5.56 Å². The maximum absolute atomic E-state index is 12.4. The molecule has 0 saturated carbocycles. The van der Waals surface area contributed by atoms with Gasteiger partial charge in [0.15, 0.2) is 10.9 Å². The number of amidine groups is 1. The van der Waals surface area contributed by atoms with Crippen LogP contribution in [0.2, 0.25) is 0 Å². The van der Waals surface area contributed by atoms with E-state index < -0.39 is 16.4 Å². The minimum atomic E-state index is -0.671. The Hall–Kier alpha value is -3.13. The molecule has 1 saturated heterocycles. The maximum atomic E-state index is 12.4. The molecule has 8 heteroatoms. The second-order valence-corrected chi connectivity index (χ2v) is 6.22. The standard InChI is InChI=1S/C17H13N3O4S/c1-19-16(22)15(25-17(19)18-12-5-3-2-4-6-12)10-11-7-8-14(21)13(9-11)20(23)24/h2-10,21H,1H3/b15-10-,18-17?. The van der Waals surface area contributed by atoms with Gasteiger partial charge < -0.3 is 5.11 Å². The van der Waals surface area contributed by atoms with Gasteiger partial charge in [-0.1, -0.05) is 24.3 Å². The van der Waals surface area contributed by atoms with E-state index in [4.69, 9.17) is 0 Å². The number of thioether (sulfide) groups is 1. The van der Waals surface area contributed by atoms with Gasteiger partial charge in [0.05, 0.1) is 15.5 Å². The van der Waals surface area contributed by atoms with Gasteiger partial charge in [-0.25, -0.2) is 4.99 Å². The number of phenols is 1. The van der Waals surface area contributed by atoms with E-state index in [0.717, 1.165) is 5.69 Å². The predicted octanol–water partition coefficient (Wildman–Crippen LogP) is 3.53. The summed E-state index contributed by atoms with van der Waals surface area (Å²) in [5, 5.41) is 20.9. The highest BCUT2D eigenvalue weighted by Crippen LogP contribution is 2.34. The van der Waals surface area contributed by atoms with Gasteiger partial charge in [-0.05, 0) is 41.6 Å². The fourth-order valence-corrected chi connectivity index (χ4v) is 3.18. The molecular weight excluding hydrogens is 342 g/mol. The third-order valence-corrected chi connectivity index (χ3v) is 4.54. The molecule has 0 aliphatic carbocycles. The largest absolute Gasteiger partial charge is 0.502 e. The highest BCUT2D eigenvalue weighted by atomic mass is 32.2. The SMILES string of the molecule is CN1C(=O)/C(=C/c2ccc(O)c([N+](=O)[O-])c2)SC1=Nc1ccccc1. The van der Waals surface area contributed by atoms with E-state index in [1.54, 1.807) is 13.1 Å². The first kappa shape index (κ1) is 16.7. The van der Waals surface area contributed by atoms with E-state index in [2.05, 4.69) is 4.99 Å². The summed E-state index contributed by atoms with van der Waals surface area (Å²) in [6, 6.07) is 13.2. The molecule has 1 aliphatic rings. The molecule has 3 rings (SSSR count). The molecule has 7 nitrogen and oxygen atoms in total. The fraction of sp³-hybridized carbons (Fsp3) is 0.0588. The van der Waals surface area contributed by atoms with Crippen molar-refractivity contribution >= 4 is 40.3 Å². The average Bonchev–Trinajstić information content (AvgIpc) is 2.85. The summed E-state index contributed by atoms with van der Waals surface area (Å²) < 4.78 is 0. The highest BCUT2D eigenvalue weighted by molar-refractivity contribution is 8.18. The molecular formula is C17H13N3O4S. The number of carbonyl (C=O) groups is 1. The normalized spacial score (nSPS) is 17.5. The van der Waals surface area contributed by atoms with E-state index >= 15 is 0 Å². The summed E-state index contributed by atoms with van der Waals surface area (Å²) in [5.74, 6) is -0.656. The molecule has 1 aliphatic heterocycles. The molecule has 0 radical (unpaired) electrons. The Labute approximate surface area is 147 Å². The number of carbonyl (C=O) groups excluding carboxylic acids is 1. The molecule has 1 fully saturated rings. The van der Waals surface area contributed by atoms with Crippen LogP contribution in [0.4, 0.5) is 11.4 Å². The van der Waals surface area contributed by atoms with Crippen molar-refractivity contribution in [1.29, 1.82) is 0 Å². The van der Waals surface area contributed by atoms with Crippen molar-refractivity contribution < 1.29 is 14.8 Å². The van der Waals surface area contributed by atoms with Gasteiger partial charge in [0, 0.05) is 13.1 Å². The minimum absolute atomic E-state index is 0.240. The van der Waals surface area contributed by atoms with Crippen molar-refractivity contribution in [2.24, 2.45) is 4.99 Å². The summed E-state index contributed by atoms with van der Waals surface area (Å²) in [7, 11) is 1.62. The number of rotatable bonds is 3. The zero-order valence-electron chi connectivity index (χ0n) is 13.1. The van der Waals surface area contributed by atoms with Crippen molar-refractivity contribution in [3.05, 3.63) is 69.1 Å². The zero-order chi connectivity index (χ0) is 18.0. The van der Waals surface area contributed by atoms with Crippen molar-refractivity contribution in [2.75, 3.05) is 7.05 Å². The van der Waals surface area contributed by atoms with Crippen LogP contribution >= 0.6 is 11.8 Å². The third kappa shape index (κ3) is 3.53. The van der Waals surface area contributed by atoms with E-state index in [-0.39, 0.29) is 5.91 Å². The zero-order valence-corrected chi connectivity index (χ0v) is 13.9. The van der Waals surface area contributed by atoms with Gasteiger partial charge in [-0.15, -0.1) is 0 Å². The Morgan fingerprint density at radius 1 is 1.24 bits per heavy atom. The minimum Gasteiger partial charge on any atom is -0.502 e. The number of hydrogen-bond donors (Lipinski definition) is 1. The number of aliphatic imine (C=N–C) groups is 1.